The molecule has 0 spiro atoms. The third kappa shape index (κ3) is 6.92. The topological polar surface area (TPSA) is 166 Å². The number of carbonyl (C=O) groups excluding carboxylic acids is 3. The molecule has 2 aromatic carbocycles. The van der Waals surface area contributed by atoms with Crippen molar-refractivity contribution in [3.8, 4) is 28.8 Å². The summed E-state index contributed by atoms with van der Waals surface area (Å²) in [5.41, 5.74) is 0.774. The van der Waals surface area contributed by atoms with Crippen molar-refractivity contribution in [1.29, 1.82) is 0 Å². The van der Waals surface area contributed by atoms with E-state index in [-0.39, 0.29) is 31.1 Å². The molecule has 0 bridgehead atoms. The number of sulfonamides is 1. The summed E-state index contributed by atoms with van der Waals surface area (Å²) in [4.78, 5) is 53.3. The number of aromatic nitrogens is 2. The first-order valence-electron chi connectivity index (χ1n) is 17.9. The summed E-state index contributed by atoms with van der Waals surface area (Å²) in [6.07, 6.45) is 7.36. The van der Waals surface area contributed by atoms with Gasteiger partial charge in [0.2, 0.25) is 27.7 Å². The number of hydrogen-bond acceptors (Lipinski definition) is 10. The summed E-state index contributed by atoms with van der Waals surface area (Å²) < 4.78 is 45.4. The van der Waals surface area contributed by atoms with E-state index in [2.05, 4.69) is 10.0 Å². The molecule has 4 aliphatic rings. The van der Waals surface area contributed by atoms with Crippen LogP contribution in [-0.2, 0) is 24.4 Å². The van der Waals surface area contributed by atoms with Crippen LogP contribution < -0.4 is 24.2 Å². The first-order chi connectivity index (χ1) is 24.9. The standard InChI is InChI=1S/C38H45N5O8S/c1-22-31(50-4)17-16-28-32(22)39-33(23-10-12-25(49-3)13-11-23)40-35(28)51-26-19-29-30(20-26)36(45)43(2)18-8-6-5-7-9-24-21-38(24,41-34(29)44)37(46)42-52(47,48)27-14-15-27/h7,9-13,16-17,24,26-27,29-30H,5-6,8,14-15,18-21H2,1-4H3,(H,41,44)(H,42,46)/b9-7-. The van der Waals surface area contributed by atoms with Gasteiger partial charge >= 0.3 is 0 Å². The Morgan fingerprint density at radius 1 is 1.00 bits per heavy atom. The first kappa shape index (κ1) is 35.7. The smallest absolute Gasteiger partial charge is 0.259 e. The van der Waals surface area contributed by atoms with E-state index in [4.69, 9.17) is 24.2 Å². The number of nitrogens with one attached hydrogen (secondary N) is 2. The minimum Gasteiger partial charge on any atom is -0.497 e. The highest BCUT2D eigenvalue weighted by Crippen LogP contribution is 2.47. The maximum Gasteiger partial charge on any atom is 0.259 e. The molecule has 2 heterocycles. The normalized spacial score (nSPS) is 27.1. The first-order valence-corrected chi connectivity index (χ1v) is 19.4. The van der Waals surface area contributed by atoms with E-state index in [0.29, 0.717) is 53.5 Å². The lowest BCUT2D eigenvalue weighted by molar-refractivity contribution is -0.140. The molecule has 3 saturated carbocycles. The number of aryl methyl sites for hydroxylation is 1. The Morgan fingerprint density at radius 3 is 2.46 bits per heavy atom. The predicted octanol–water partition coefficient (Wildman–Crippen LogP) is 4.08. The van der Waals surface area contributed by atoms with E-state index >= 15 is 0 Å². The van der Waals surface area contributed by atoms with Gasteiger partial charge in [0.05, 0.1) is 42.2 Å². The SMILES string of the molecule is COc1ccc(-c2nc(OC3CC4C(=O)NC5(C(=O)NS(=O)(=O)C6CC6)CC5/C=C\CCCCN(C)C(=O)C4C3)c3ccc(OC)c(C)c3n2)cc1. The third-order valence-electron chi connectivity index (χ3n) is 10.9. The van der Waals surface area contributed by atoms with Crippen molar-refractivity contribution in [3.05, 3.63) is 54.1 Å². The van der Waals surface area contributed by atoms with Crippen LogP contribution in [0.5, 0.6) is 17.4 Å². The van der Waals surface area contributed by atoms with Gasteiger partial charge in [0, 0.05) is 30.6 Å². The van der Waals surface area contributed by atoms with Gasteiger partial charge in [-0.1, -0.05) is 12.2 Å². The van der Waals surface area contributed by atoms with Crippen LogP contribution in [-0.4, -0.2) is 85.7 Å². The predicted molar refractivity (Wildman–Crippen MR) is 193 cm³/mol. The number of fused-ring (bicyclic) bond motifs is 3. The van der Waals surface area contributed by atoms with Crippen LogP contribution in [0.1, 0.15) is 56.9 Å². The fraction of sp³-hybridized carbons (Fsp3) is 0.500. The fourth-order valence-corrected chi connectivity index (χ4v) is 8.88. The Balaban J connectivity index is 1.21. The minimum absolute atomic E-state index is 0.173. The van der Waals surface area contributed by atoms with E-state index in [1.165, 1.54) is 0 Å². The van der Waals surface area contributed by atoms with Crippen molar-refractivity contribution < 1.29 is 37.0 Å². The number of rotatable bonds is 8. The lowest BCUT2D eigenvalue weighted by atomic mass is 9.93. The Kier molecular flexibility index (Phi) is 9.62. The molecule has 276 valence electrons. The molecule has 3 aromatic rings. The average molecular weight is 732 g/mol. The second-order valence-electron chi connectivity index (χ2n) is 14.4. The van der Waals surface area contributed by atoms with Gasteiger partial charge in [-0.05, 0) is 94.7 Å². The zero-order valence-corrected chi connectivity index (χ0v) is 30.7. The van der Waals surface area contributed by atoms with E-state index < -0.39 is 50.6 Å². The van der Waals surface area contributed by atoms with E-state index in [9.17, 15) is 22.8 Å². The molecule has 3 fully saturated rings. The lowest BCUT2D eigenvalue weighted by Crippen LogP contribution is -2.54. The van der Waals surface area contributed by atoms with Crippen LogP contribution >= 0.6 is 0 Å². The van der Waals surface area contributed by atoms with Crippen molar-refractivity contribution in [3.63, 3.8) is 0 Å². The molecule has 7 rings (SSSR count). The lowest BCUT2D eigenvalue weighted by Gasteiger charge is -2.26. The highest BCUT2D eigenvalue weighted by molar-refractivity contribution is 7.91. The monoisotopic (exact) mass is 731 g/mol. The van der Waals surface area contributed by atoms with Gasteiger partial charge in [0.1, 0.15) is 23.1 Å². The molecule has 0 saturated heterocycles. The van der Waals surface area contributed by atoms with Crippen LogP contribution in [0.15, 0.2) is 48.6 Å². The molecule has 3 aliphatic carbocycles. The fourth-order valence-electron chi connectivity index (χ4n) is 7.52. The molecule has 5 unspecified atom stereocenters. The van der Waals surface area contributed by atoms with Crippen molar-refractivity contribution in [1.82, 2.24) is 24.9 Å². The molecule has 14 heteroatoms. The molecule has 5 atom stereocenters. The van der Waals surface area contributed by atoms with E-state index in [0.717, 1.165) is 30.4 Å². The van der Waals surface area contributed by atoms with E-state index in [1.54, 1.807) is 26.2 Å². The quantitative estimate of drug-likeness (QED) is 0.323. The summed E-state index contributed by atoms with van der Waals surface area (Å²) in [5.74, 6) is -1.21. The number of amides is 3. The van der Waals surface area contributed by atoms with Crippen LogP contribution in [0.4, 0.5) is 0 Å². The molecule has 2 N–H and O–H groups in total. The van der Waals surface area contributed by atoms with Gasteiger partial charge in [-0.15, -0.1) is 0 Å². The van der Waals surface area contributed by atoms with Gasteiger partial charge in [-0.2, -0.15) is 4.98 Å². The number of hydrogen-bond donors (Lipinski definition) is 2. The van der Waals surface area contributed by atoms with Crippen LogP contribution in [0.25, 0.3) is 22.3 Å². The molecule has 0 radical (unpaired) electrons. The van der Waals surface area contributed by atoms with Gasteiger partial charge in [0.15, 0.2) is 5.82 Å². The van der Waals surface area contributed by atoms with Crippen molar-refractivity contribution >= 4 is 38.6 Å². The molecule has 13 nitrogen and oxygen atoms in total. The molecule has 52 heavy (non-hydrogen) atoms. The van der Waals surface area contributed by atoms with Crippen LogP contribution in [0.2, 0.25) is 0 Å². The van der Waals surface area contributed by atoms with Crippen LogP contribution in [0, 0.1) is 24.7 Å². The zero-order valence-electron chi connectivity index (χ0n) is 29.9. The Labute approximate surface area is 303 Å². The van der Waals surface area contributed by atoms with Crippen LogP contribution in [0.3, 0.4) is 0 Å². The molecule has 1 aromatic heterocycles. The maximum atomic E-state index is 14.3. The Morgan fingerprint density at radius 2 is 1.75 bits per heavy atom. The zero-order chi connectivity index (χ0) is 36.8. The van der Waals surface area contributed by atoms with E-state index in [1.807, 2.05) is 55.5 Å². The summed E-state index contributed by atoms with van der Waals surface area (Å²) in [6.45, 7) is 2.45. The third-order valence-corrected chi connectivity index (χ3v) is 12.7. The minimum atomic E-state index is -3.84. The average Bonchev–Trinajstić information content (AvgIpc) is 4.06. The summed E-state index contributed by atoms with van der Waals surface area (Å²) >= 11 is 0. The molecular formula is C38H45N5O8S. The number of carbonyl (C=O) groups is 3. The van der Waals surface area contributed by atoms with Crippen molar-refractivity contribution in [2.75, 3.05) is 27.8 Å². The van der Waals surface area contributed by atoms with Gasteiger partial charge < -0.3 is 24.4 Å². The van der Waals surface area contributed by atoms with Gasteiger partial charge in [0.25, 0.3) is 5.91 Å². The molecular weight excluding hydrogens is 687 g/mol. The van der Waals surface area contributed by atoms with Crippen molar-refractivity contribution in [2.24, 2.45) is 17.8 Å². The van der Waals surface area contributed by atoms with Crippen molar-refractivity contribution in [2.45, 2.75) is 75.2 Å². The number of ether oxygens (including phenoxy) is 3. The Bertz CT molecular complexity index is 2030. The second-order valence-corrected chi connectivity index (χ2v) is 16.4. The molecule has 1 aliphatic heterocycles. The second kappa shape index (κ2) is 14.0. The van der Waals surface area contributed by atoms with Gasteiger partial charge in [-0.3, -0.25) is 19.1 Å². The largest absolute Gasteiger partial charge is 0.497 e. The number of nitrogens with zero attached hydrogens (tertiary/aromatic N) is 3. The highest BCUT2D eigenvalue weighted by Gasteiger charge is 2.62. The number of methoxy groups -OCH3 is 2. The van der Waals surface area contributed by atoms with Gasteiger partial charge in [-0.25, -0.2) is 13.4 Å². The Hall–Kier alpha value is -4.72. The highest BCUT2D eigenvalue weighted by atomic mass is 32.2. The summed E-state index contributed by atoms with van der Waals surface area (Å²) in [7, 11) is 1.10. The maximum absolute atomic E-state index is 14.3. The summed E-state index contributed by atoms with van der Waals surface area (Å²) in [5, 5.41) is 3.01. The summed E-state index contributed by atoms with van der Waals surface area (Å²) in [6, 6.07) is 11.0. The number of allylic oxidation sites excluding steroid dienone is 1. The molecule has 3 amide bonds. The number of benzene rings is 2.